The van der Waals surface area contributed by atoms with Crippen LogP contribution in [0.1, 0.15) is 44.7 Å². The van der Waals surface area contributed by atoms with Crippen LogP contribution in [0.25, 0.3) is 5.65 Å². The Morgan fingerprint density at radius 2 is 1.83 bits per heavy atom. The molecule has 0 bridgehead atoms. The molecule has 48 heavy (non-hydrogen) atoms. The van der Waals surface area contributed by atoms with Gasteiger partial charge in [0.1, 0.15) is 11.5 Å². The molecule has 2 aromatic carbocycles. The molecule has 0 saturated carbocycles. The molecule has 2 N–H and O–H groups in total. The lowest BCUT2D eigenvalue weighted by atomic mass is 10.0. The van der Waals surface area contributed by atoms with E-state index in [-0.39, 0.29) is 23.4 Å². The number of aromatic nitrogens is 4. The van der Waals surface area contributed by atoms with E-state index in [4.69, 9.17) is 0 Å². The molecule has 1 aliphatic rings. The van der Waals surface area contributed by atoms with Crippen molar-refractivity contribution in [2.75, 3.05) is 43.9 Å². The number of hydrogen-bond acceptors (Lipinski definition) is 6. The molecule has 0 aliphatic carbocycles. The second-order valence-electron chi connectivity index (χ2n) is 11.9. The first-order chi connectivity index (χ1) is 22.9. The van der Waals surface area contributed by atoms with Crippen molar-refractivity contribution in [1.29, 1.82) is 0 Å². The number of fused-ring (bicyclic) bond motifs is 1. The lowest BCUT2D eigenvalue weighted by Crippen LogP contribution is -2.29. The van der Waals surface area contributed by atoms with Gasteiger partial charge in [0.2, 0.25) is 0 Å². The van der Waals surface area contributed by atoms with Gasteiger partial charge in [0, 0.05) is 50.3 Å². The zero-order valence-electron chi connectivity index (χ0n) is 26.7. The number of aryl methyl sites for hydroxylation is 2. The standard InChI is InChI=1S/C35H34F4N8O/c1-23-16-31(36)29(17-24(23)8-10-28-20-40-33-32(6-4-13-47(28)33)42-27-19-41-45(3)22-27)34(48)43-26-9-7-25(30(18-26)35(37,38)39)21-46-12-5-11-44(2)14-15-46/h4,6-7,9,13,16-20,22,42H,5,11-12,14-15,21H2,1-3H3,(H,43,48). The summed E-state index contributed by atoms with van der Waals surface area (Å²) in [6.45, 7) is 4.82. The number of benzene rings is 2. The number of hydrogen-bond donors (Lipinski definition) is 2. The van der Waals surface area contributed by atoms with Gasteiger partial charge >= 0.3 is 6.18 Å². The van der Waals surface area contributed by atoms with Crippen LogP contribution < -0.4 is 10.6 Å². The number of rotatable bonds is 6. The molecular formula is C35H34F4N8O. The number of imidazole rings is 1. The lowest BCUT2D eigenvalue weighted by Gasteiger charge is -2.23. The molecule has 1 amide bonds. The van der Waals surface area contributed by atoms with Gasteiger partial charge in [-0.25, -0.2) is 9.37 Å². The first-order valence-electron chi connectivity index (χ1n) is 15.4. The Labute approximate surface area is 275 Å². The molecule has 1 aliphatic heterocycles. The van der Waals surface area contributed by atoms with Gasteiger partial charge in [0.15, 0.2) is 5.65 Å². The summed E-state index contributed by atoms with van der Waals surface area (Å²) in [4.78, 5) is 21.9. The van der Waals surface area contributed by atoms with Gasteiger partial charge in [0.25, 0.3) is 5.91 Å². The number of carbonyl (C=O) groups excluding carboxylic acids is 1. The van der Waals surface area contributed by atoms with E-state index < -0.39 is 23.5 Å². The monoisotopic (exact) mass is 658 g/mol. The summed E-state index contributed by atoms with van der Waals surface area (Å²) in [6, 6.07) is 9.92. The number of amides is 1. The summed E-state index contributed by atoms with van der Waals surface area (Å²) < 4.78 is 61.0. The predicted molar refractivity (Wildman–Crippen MR) is 176 cm³/mol. The molecule has 0 radical (unpaired) electrons. The summed E-state index contributed by atoms with van der Waals surface area (Å²) >= 11 is 0. The number of carbonyl (C=O) groups is 1. The van der Waals surface area contributed by atoms with Crippen molar-refractivity contribution in [3.63, 3.8) is 0 Å². The van der Waals surface area contributed by atoms with Gasteiger partial charge in [-0.15, -0.1) is 0 Å². The summed E-state index contributed by atoms with van der Waals surface area (Å²) in [5.41, 5.74) is 2.47. The average Bonchev–Trinajstić information content (AvgIpc) is 3.59. The van der Waals surface area contributed by atoms with Gasteiger partial charge in [-0.3, -0.25) is 18.8 Å². The van der Waals surface area contributed by atoms with Gasteiger partial charge in [-0.2, -0.15) is 18.3 Å². The van der Waals surface area contributed by atoms with E-state index in [0.29, 0.717) is 35.6 Å². The van der Waals surface area contributed by atoms with Crippen molar-refractivity contribution in [2.24, 2.45) is 7.05 Å². The fourth-order valence-electron chi connectivity index (χ4n) is 5.71. The van der Waals surface area contributed by atoms with Crippen LogP contribution >= 0.6 is 0 Å². The molecule has 0 spiro atoms. The molecule has 1 fully saturated rings. The zero-order chi connectivity index (χ0) is 34.0. The smallest absolute Gasteiger partial charge is 0.350 e. The minimum atomic E-state index is -4.63. The van der Waals surface area contributed by atoms with E-state index in [2.05, 4.69) is 37.5 Å². The van der Waals surface area contributed by atoms with E-state index in [9.17, 15) is 18.0 Å². The van der Waals surface area contributed by atoms with E-state index >= 15 is 4.39 Å². The highest BCUT2D eigenvalue weighted by atomic mass is 19.4. The molecule has 9 nitrogen and oxygen atoms in total. The summed E-state index contributed by atoms with van der Waals surface area (Å²) in [7, 11) is 3.81. The van der Waals surface area contributed by atoms with Crippen molar-refractivity contribution in [3.05, 3.63) is 107 Å². The molecule has 5 aromatic rings. The van der Waals surface area contributed by atoms with Gasteiger partial charge < -0.3 is 15.5 Å². The molecule has 4 heterocycles. The molecule has 6 rings (SSSR count). The maximum atomic E-state index is 15.1. The van der Waals surface area contributed by atoms with Crippen molar-refractivity contribution in [2.45, 2.75) is 26.1 Å². The third-order valence-electron chi connectivity index (χ3n) is 8.28. The number of pyridine rings is 1. The second-order valence-corrected chi connectivity index (χ2v) is 11.9. The first-order valence-corrected chi connectivity index (χ1v) is 15.4. The van der Waals surface area contributed by atoms with Gasteiger partial charge in [-0.05, 0) is 86.9 Å². The Morgan fingerprint density at radius 1 is 1.00 bits per heavy atom. The number of likely N-dealkylation sites (N-methyl/N-ethyl adjacent to an activating group) is 1. The van der Waals surface area contributed by atoms with Crippen LogP contribution in [0.5, 0.6) is 0 Å². The van der Waals surface area contributed by atoms with Crippen molar-refractivity contribution in [3.8, 4) is 11.8 Å². The van der Waals surface area contributed by atoms with Crippen molar-refractivity contribution >= 4 is 28.6 Å². The van der Waals surface area contributed by atoms with Gasteiger partial charge in [0.05, 0.1) is 34.9 Å². The van der Waals surface area contributed by atoms with Crippen LogP contribution in [0.15, 0.2) is 67.3 Å². The predicted octanol–water partition coefficient (Wildman–Crippen LogP) is 6.07. The number of anilines is 3. The van der Waals surface area contributed by atoms with Crippen LogP contribution in [0.3, 0.4) is 0 Å². The second kappa shape index (κ2) is 13.5. The quantitative estimate of drug-likeness (QED) is 0.170. The maximum absolute atomic E-state index is 15.1. The molecule has 0 unspecified atom stereocenters. The maximum Gasteiger partial charge on any atom is 0.416 e. The fraction of sp³-hybridized carbons (Fsp3) is 0.286. The molecule has 1 saturated heterocycles. The number of alkyl halides is 3. The van der Waals surface area contributed by atoms with Crippen LogP contribution in [0.2, 0.25) is 0 Å². The lowest BCUT2D eigenvalue weighted by molar-refractivity contribution is -0.138. The Bertz CT molecular complexity index is 2040. The van der Waals surface area contributed by atoms with Crippen molar-refractivity contribution in [1.82, 2.24) is 29.0 Å². The highest BCUT2D eigenvalue weighted by molar-refractivity contribution is 6.04. The van der Waals surface area contributed by atoms with E-state index in [1.807, 2.05) is 43.5 Å². The highest BCUT2D eigenvalue weighted by Gasteiger charge is 2.34. The van der Waals surface area contributed by atoms with E-state index in [1.165, 1.54) is 24.3 Å². The van der Waals surface area contributed by atoms with Crippen LogP contribution in [-0.4, -0.2) is 68.1 Å². The fourth-order valence-corrected chi connectivity index (χ4v) is 5.71. The molecule has 3 aromatic heterocycles. The van der Waals surface area contributed by atoms with Crippen LogP contribution in [0.4, 0.5) is 34.6 Å². The molecule has 248 valence electrons. The zero-order valence-corrected chi connectivity index (χ0v) is 26.7. The summed E-state index contributed by atoms with van der Waals surface area (Å²) in [5, 5.41) is 9.89. The number of nitrogens with zero attached hydrogens (tertiary/aromatic N) is 6. The third kappa shape index (κ3) is 7.35. The summed E-state index contributed by atoms with van der Waals surface area (Å²) in [5.74, 6) is 4.36. The third-order valence-corrected chi connectivity index (χ3v) is 8.28. The molecule has 13 heteroatoms. The Morgan fingerprint density at radius 3 is 2.60 bits per heavy atom. The minimum absolute atomic E-state index is 0.0827. The largest absolute Gasteiger partial charge is 0.416 e. The Hall–Kier alpha value is -5.19. The Kier molecular flexibility index (Phi) is 9.21. The first kappa shape index (κ1) is 32.7. The number of halogens is 4. The number of nitrogens with one attached hydrogen (secondary N) is 2. The van der Waals surface area contributed by atoms with Crippen LogP contribution in [0, 0.1) is 24.6 Å². The topological polar surface area (TPSA) is 82.7 Å². The average molecular weight is 659 g/mol. The summed E-state index contributed by atoms with van der Waals surface area (Å²) in [6.07, 6.45) is 3.17. The highest BCUT2D eigenvalue weighted by Crippen LogP contribution is 2.35. The molecular weight excluding hydrogens is 624 g/mol. The van der Waals surface area contributed by atoms with E-state index in [0.717, 1.165) is 37.0 Å². The molecule has 0 atom stereocenters. The van der Waals surface area contributed by atoms with Crippen LogP contribution in [-0.2, 0) is 19.8 Å². The van der Waals surface area contributed by atoms with Crippen molar-refractivity contribution < 1.29 is 22.4 Å². The normalized spacial score (nSPS) is 14.4. The Balaban J connectivity index is 1.22. The SMILES string of the molecule is Cc1cc(F)c(C(=O)Nc2ccc(CN3CCCN(C)CC3)c(C(F)(F)F)c2)cc1C#Cc1cnc2c(Nc3cnn(C)c3)cccn12. The van der Waals surface area contributed by atoms with E-state index in [1.54, 1.807) is 28.4 Å². The minimum Gasteiger partial charge on any atom is -0.350 e. The van der Waals surface area contributed by atoms with Gasteiger partial charge in [-0.1, -0.05) is 12.0 Å².